The van der Waals surface area contributed by atoms with E-state index in [-0.39, 0.29) is 0 Å². The predicted octanol–water partition coefficient (Wildman–Crippen LogP) is 1.70. The first-order valence-corrected chi connectivity index (χ1v) is 6.28. The lowest BCUT2D eigenvalue weighted by Gasteiger charge is -2.31. The Bertz CT molecular complexity index is 156. The summed E-state index contributed by atoms with van der Waals surface area (Å²) < 4.78 is 5.51. The van der Waals surface area contributed by atoms with Gasteiger partial charge >= 0.3 is 0 Å². The molecule has 3 nitrogen and oxygen atoms in total. The van der Waals surface area contributed by atoms with Crippen molar-refractivity contribution >= 4 is 0 Å². The molecule has 1 fully saturated rings. The van der Waals surface area contributed by atoms with Gasteiger partial charge in [0.15, 0.2) is 0 Å². The smallest absolute Gasteiger partial charge is 0.0880 e. The molecule has 15 heavy (non-hydrogen) atoms. The lowest BCUT2D eigenvalue weighted by molar-refractivity contribution is -0.0674. The van der Waals surface area contributed by atoms with Gasteiger partial charge in [-0.05, 0) is 25.8 Å². The fraction of sp³-hybridized carbons (Fsp3) is 1.00. The molecule has 0 saturated heterocycles. The number of hydrogen-bond donors (Lipinski definition) is 2. The number of hydrogen-bond acceptors (Lipinski definition) is 3. The highest BCUT2D eigenvalue weighted by Crippen LogP contribution is 2.27. The van der Waals surface area contributed by atoms with Crippen LogP contribution in [0.3, 0.4) is 0 Å². The van der Waals surface area contributed by atoms with Crippen LogP contribution < -0.4 is 5.32 Å². The maximum Gasteiger partial charge on any atom is 0.0880 e. The van der Waals surface area contributed by atoms with Crippen molar-refractivity contribution in [2.75, 3.05) is 26.3 Å². The van der Waals surface area contributed by atoms with Crippen LogP contribution in [0.2, 0.25) is 0 Å². The fourth-order valence-corrected chi connectivity index (χ4v) is 2.06. The van der Waals surface area contributed by atoms with Gasteiger partial charge in [-0.15, -0.1) is 0 Å². The van der Waals surface area contributed by atoms with Gasteiger partial charge in [-0.3, -0.25) is 0 Å². The number of rotatable bonds is 7. The number of ether oxygens (including phenoxy) is 1. The van der Waals surface area contributed by atoms with Crippen LogP contribution in [0, 0.1) is 0 Å². The minimum Gasteiger partial charge on any atom is -0.387 e. The number of nitrogens with one attached hydrogen (secondary N) is 1. The summed E-state index contributed by atoms with van der Waals surface area (Å²) in [7, 11) is 0. The van der Waals surface area contributed by atoms with Crippen molar-refractivity contribution in [1.82, 2.24) is 5.32 Å². The molecule has 1 aliphatic rings. The second-order valence-electron chi connectivity index (χ2n) is 4.59. The Labute approximate surface area is 93.2 Å². The Morgan fingerprint density at radius 3 is 2.60 bits per heavy atom. The third-order valence-electron chi connectivity index (χ3n) is 3.00. The van der Waals surface area contributed by atoms with E-state index in [1.54, 1.807) is 0 Å². The highest BCUT2D eigenvalue weighted by atomic mass is 16.5. The van der Waals surface area contributed by atoms with E-state index in [2.05, 4.69) is 12.2 Å². The summed E-state index contributed by atoms with van der Waals surface area (Å²) >= 11 is 0. The molecule has 3 heteroatoms. The topological polar surface area (TPSA) is 41.5 Å². The average Bonchev–Trinajstić information content (AvgIpc) is 2.24. The van der Waals surface area contributed by atoms with Crippen molar-refractivity contribution in [2.24, 2.45) is 0 Å². The van der Waals surface area contributed by atoms with Gasteiger partial charge in [-0.2, -0.15) is 0 Å². The molecule has 2 N–H and O–H groups in total. The Kier molecular flexibility index (Phi) is 6.22. The van der Waals surface area contributed by atoms with Crippen molar-refractivity contribution < 1.29 is 9.84 Å². The lowest BCUT2D eigenvalue weighted by atomic mass is 9.86. The fourth-order valence-electron chi connectivity index (χ4n) is 2.06. The van der Waals surface area contributed by atoms with Crippen molar-refractivity contribution in [3.63, 3.8) is 0 Å². The van der Waals surface area contributed by atoms with Crippen LogP contribution in [-0.2, 0) is 4.74 Å². The van der Waals surface area contributed by atoms with Crippen LogP contribution in [0.5, 0.6) is 0 Å². The standard InChI is InChI=1S/C12H25NO2/c1-2-8-13-9-10-15-11-12(14)6-4-3-5-7-12/h13-14H,2-11H2,1H3. The van der Waals surface area contributed by atoms with Gasteiger partial charge in [-0.25, -0.2) is 0 Å². The maximum atomic E-state index is 10.1. The molecule has 0 heterocycles. The average molecular weight is 215 g/mol. The van der Waals surface area contributed by atoms with Crippen LogP contribution in [0.15, 0.2) is 0 Å². The second-order valence-corrected chi connectivity index (χ2v) is 4.59. The molecule has 0 atom stereocenters. The molecular formula is C12H25NO2. The molecule has 0 radical (unpaired) electrons. The first-order valence-electron chi connectivity index (χ1n) is 6.28. The molecule has 0 aromatic heterocycles. The highest BCUT2D eigenvalue weighted by molar-refractivity contribution is 4.81. The third-order valence-corrected chi connectivity index (χ3v) is 3.00. The Morgan fingerprint density at radius 1 is 1.20 bits per heavy atom. The van der Waals surface area contributed by atoms with Crippen LogP contribution >= 0.6 is 0 Å². The van der Waals surface area contributed by atoms with E-state index in [0.717, 1.165) is 45.2 Å². The van der Waals surface area contributed by atoms with Crippen LogP contribution in [0.1, 0.15) is 45.4 Å². The summed E-state index contributed by atoms with van der Waals surface area (Å²) in [6.07, 6.45) is 6.54. The van der Waals surface area contributed by atoms with E-state index in [4.69, 9.17) is 4.74 Å². The summed E-state index contributed by atoms with van der Waals surface area (Å²) in [5, 5.41) is 13.4. The van der Waals surface area contributed by atoms with Gasteiger partial charge in [-0.1, -0.05) is 26.2 Å². The molecule has 90 valence electrons. The summed E-state index contributed by atoms with van der Waals surface area (Å²) in [4.78, 5) is 0. The summed E-state index contributed by atoms with van der Waals surface area (Å²) in [6, 6.07) is 0. The van der Waals surface area contributed by atoms with Gasteiger partial charge in [0.05, 0.1) is 18.8 Å². The molecule has 0 spiro atoms. The zero-order valence-corrected chi connectivity index (χ0v) is 9.93. The monoisotopic (exact) mass is 215 g/mol. The molecule has 1 rings (SSSR count). The van der Waals surface area contributed by atoms with Gasteiger partial charge in [0.25, 0.3) is 0 Å². The molecule has 1 saturated carbocycles. The van der Waals surface area contributed by atoms with Gasteiger partial charge in [0.2, 0.25) is 0 Å². The zero-order chi connectivity index (χ0) is 11.0. The predicted molar refractivity (Wildman–Crippen MR) is 62.0 cm³/mol. The molecule has 0 aromatic carbocycles. The quantitative estimate of drug-likeness (QED) is 0.635. The van der Waals surface area contributed by atoms with Crippen molar-refractivity contribution in [3.8, 4) is 0 Å². The largest absolute Gasteiger partial charge is 0.387 e. The van der Waals surface area contributed by atoms with E-state index >= 15 is 0 Å². The van der Waals surface area contributed by atoms with E-state index in [1.807, 2.05) is 0 Å². The molecule has 0 bridgehead atoms. The second kappa shape index (κ2) is 7.20. The van der Waals surface area contributed by atoms with Crippen molar-refractivity contribution in [2.45, 2.75) is 51.0 Å². The van der Waals surface area contributed by atoms with Crippen molar-refractivity contribution in [1.29, 1.82) is 0 Å². The molecule has 0 amide bonds. The summed E-state index contributed by atoms with van der Waals surface area (Å²) in [5.74, 6) is 0. The summed E-state index contributed by atoms with van der Waals surface area (Å²) in [6.45, 7) is 5.32. The van der Waals surface area contributed by atoms with Gasteiger partial charge < -0.3 is 15.2 Å². The molecule has 0 unspecified atom stereocenters. The first kappa shape index (κ1) is 12.9. The van der Waals surface area contributed by atoms with Crippen LogP contribution in [-0.4, -0.2) is 37.0 Å². The van der Waals surface area contributed by atoms with Gasteiger partial charge in [0, 0.05) is 6.54 Å². The van der Waals surface area contributed by atoms with Gasteiger partial charge in [0.1, 0.15) is 0 Å². The normalized spacial score (nSPS) is 20.4. The summed E-state index contributed by atoms with van der Waals surface area (Å²) in [5.41, 5.74) is -0.525. The Hall–Kier alpha value is -0.120. The lowest BCUT2D eigenvalue weighted by Crippen LogP contribution is -2.37. The minimum absolute atomic E-state index is 0.515. The van der Waals surface area contributed by atoms with Crippen LogP contribution in [0.4, 0.5) is 0 Å². The molecule has 1 aliphatic carbocycles. The molecule has 0 aliphatic heterocycles. The SMILES string of the molecule is CCCNCCOCC1(O)CCCCC1. The maximum absolute atomic E-state index is 10.1. The Morgan fingerprint density at radius 2 is 1.93 bits per heavy atom. The molecule has 0 aromatic rings. The van der Waals surface area contributed by atoms with Crippen LogP contribution in [0.25, 0.3) is 0 Å². The molecular weight excluding hydrogens is 190 g/mol. The van der Waals surface area contributed by atoms with E-state index in [0.29, 0.717) is 13.2 Å². The Balaban J connectivity index is 1.98. The highest BCUT2D eigenvalue weighted by Gasteiger charge is 2.28. The van der Waals surface area contributed by atoms with E-state index in [1.165, 1.54) is 6.42 Å². The van der Waals surface area contributed by atoms with E-state index in [9.17, 15) is 5.11 Å². The first-order chi connectivity index (χ1) is 7.27. The third kappa shape index (κ3) is 5.50. The number of aliphatic hydroxyl groups is 1. The zero-order valence-electron chi connectivity index (χ0n) is 9.93. The minimum atomic E-state index is -0.525. The van der Waals surface area contributed by atoms with E-state index < -0.39 is 5.60 Å². The van der Waals surface area contributed by atoms with Crippen molar-refractivity contribution in [3.05, 3.63) is 0 Å².